The van der Waals surface area contributed by atoms with E-state index in [1.165, 1.54) is 0 Å². The molecule has 72 valence electrons. The highest BCUT2D eigenvalue weighted by Gasteiger charge is 2.09. The van der Waals surface area contributed by atoms with Gasteiger partial charge in [0.2, 0.25) is 0 Å². The monoisotopic (exact) mass is 201 g/mol. The fourth-order valence-corrected chi connectivity index (χ4v) is 1.17. The second-order valence-electron chi connectivity index (χ2n) is 2.74. The van der Waals surface area contributed by atoms with Crippen LogP contribution in [-0.2, 0) is 7.05 Å². The Morgan fingerprint density at radius 2 is 2.46 bits per heavy atom. The maximum absolute atomic E-state index is 11.4. The molecule has 0 radical (unpaired) electrons. The fraction of sp³-hybridized carbons (Fsp3) is 0.500. The van der Waals surface area contributed by atoms with E-state index in [1.54, 1.807) is 17.8 Å². The van der Waals surface area contributed by atoms with Gasteiger partial charge in [-0.25, -0.2) is 0 Å². The van der Waals surface area contributed by atoms with Crippen LogP contribution in [0, 0.1) is 6.92 Å². The number of aromatic nitrogens is 2. The lowest BCUT2D eigenvalue weighted by atomic mass is 10.3. The molecule has 1 amide bonds. The van der Waals surface area contributed by atoms with E-state index in [9.17, 15) is 4.79 Å². The molecule has 0 saturated heterocycles. The minimum atomic E-state index is -0.135. The van der Waals surface area contributed by atoms with E-state index in [4.69, 9.17) is 11.6 Å². The van der Waals surface area contributed by atoms with Crippen molar-refractivity contribution < 1.29 is 4.79 Å². The first-order valence-corrected chi connectivity index (χ1v) is 4.53. The predicted octanol–water partition coefficient (Wildman–Crippen LogP) is 0.697. The molecule has 0 unspecified atom stereocenters. The molecule has 0 spiro atoms. The van der Waals surface area contributed by atoms with Crippen LogP contribution in [0.2, 0.25) is 0 Å². The van der Waals surface area contributed by atoms with Crippen molar-refractivity contribution in [3.8, 4) is 0 Å². The average Bonchev–Trinajstić information content (AvgIpc) is 2.41. The summed E-state index contributed by atoms with van der Waals surface area (Å²) in [4.78, 5) is 11.4. The SMILES string of the molecule is Cc1cc(C(=O)NCCCl)n(C)n1. The van der Waals surface area contributed by atoms with Gasteiger partial charge in [-0.1, -0.05) is 0 Å². The van der Waals surface area contributed by atoms with Crippen LogP contribution in [0.5, 0.6) is 0 Å². The molecule has 0 aromatic carbocycles. The van der Waals surface area contributed by atoms with Crippen molar-refractivity contribution in [2.24, 2.45) is 7.05 Å². The Balaban J connectivity index is 2.70. The zero-order valence-corrected chi connectivity index (χ0v) is 8.43. The van der Waals surface area contributed by atoms with Crippen molar-refractivity contribution in [3.05, 3.63) is 17.5 Å². The molecule has 1 heterocycles. The van der Waals surface area contributed by atoms with Crippen molar-refractivity contribution in [2.45, 2.75) is 6.92 Å². The summed E-state index contributed by atoms with van der Waals surface area (Å²) in [5, 5.41) is 6.73. The van der Waals surface area contributed by atoms with Gasteiger partial charge in [-0.3, -0.25) is 9.48 Å². The molecule has 0 aliphatic rings. The second-order valence-corrected chi connectivity index (χ2v) is 3.12. The van der Waals surface area contributed by atoms with Gasteiger partial charge in [0.15, 0.2) is 0 Å². The Morgan fingerprint density at radius 1 is 1.77 bits per heavy atom. The normalized spacial score (nSPS) is 10.1. The van der Waals surface area contributed by atoms with Crippen molar-refractivity contribution in [3.63, 3.8) is 0 Å². The number of aryl methyl sites for hydroxylation is 2. The molecule has 13 heavy (non-hydrogen) atoms. The lowest BCUT2D eigenvalue weighted by Gasteiger charge is -2.01. The summed E-state index contributed by atoms with van der Waals surface area (Å²) < 4.78 is 1.55. The number of rotatable bonds is 3. The van der Waals surface area contributed by atoms with E-state index in [2.05, 4.69) is 10.4 Å². The number of alkyl halides is 1. The molecule has 4 nitrogen and oxygen atoms in total. The third kappa shape index (κ3) is 2.45. The average molecular weight is 202 g/mol. The van der Waals surface area contributed by atoms with Gasteiger partial charge in [-0.05, 0) is 13.0 Å². The van der Waals surface area contributed by atoms with Crippen LogP contribution in [0.1, 0.15) is 16.2 Å². The summed E-state index contributed by atoms with van der Waals surface area (Å²) in [7, 11) is 1.74. The molecule has 1 aromatic rings. The summed E-state index contributed by atoms with van der Waals surface area (Å²) in [5.41, 5.74) is 1.39. The summed E-state index contributed by atoms with van der Waals surface area (Å²) >= 11 is 5.44. The van der Waals surface area contributed by atoms with Crippen LogP contribution in [0.25, 0.3) is 0 Å². The number of hydrogen-bond donors (Lipinski definition) is 1. The molecule has 0 atom stereocenters. The van der Waals surface area contributed by atoms with Gasteiger partial charge >= 0.3 is 0 Å². The van der Waals surface area contributed by atoms with Crippen molar-refractivity contribution in [2.75, 3.05) is 12.4 Å². The van der Waals surface area contributed by atoms with Gasteiger partial charge in [0.25, 0.3) is 5.91 Å². The largest absolute Gasteiger partial charge is 0.350 e. The van der Waals surface area contributed by atoms with Gasteiger partial charge in [-0.2, -0.15) is 5.10 Å². The summed E-state index contributed by atoms with van der Waals surface area (Å²) in [5.74, 6) is 0.284. The van der Waals surface area contributed by atoms with Gasteiger partial charge in [0, 0.05) is 19.5 Å². The topological polar surface area (TPSA) is 46.9 Å². The fourth-order valence-electron chi connectivity index (χ4n) is 1.07. The molecule has 0 aliphatic carbocycles. The number of carbonyl (C=O) groups excluding carboxylic acids is 1. The Hall–Kier alpha value is -1.03. The molecule has 1 N–H and O–H groups in total. The summed E-state index contributed by atoms with van der Waals surface area (Å²) in [6, 6.07) is 1.74. The molecule has 1 aromatic heterocycles. The highest BCUT2D eigenvalue weighted by molar-refractivity contribution is 6.18. The lowest BCUT2D eigenvalue weighted by Crippen LogP contribution is -2.27. The van der Waals surface area contributed by atoms with Gasteiger partial charge in [0.05, 0.1) is 5.69 Å². The van der Waals surface area contributed by atoms with Crippen LogP contribution in [0.15, 0.2) is 6.07 Å². The first-order valence-electron chi connectivity index (χ1n) is 4.00. The molecular weight excluding hydrogens is 190 g/mol. The highest BCUT2D eigenvalue weighted by Crippen LogP contribution is 2.00. The summed E-state index contributed by atoms with van der Waals surface area (Å²) in [6.07, 6.45) is 0. The van der Waals surface area contributed by atoms with Crippen LogP contribution in [-0.4, -0.2) is 28.1 Å². The standard InChI is InChI=1S/C8H12ClN3O/c1-6-5-7(12(2)11-6)8(13)10-4-3-9/h5H,3-4H2,1-2H3,(H,10,13). The van der Waals surface area contributed by atoms with E-state index in [0.29, 0.717) is 18.1 Å². The molecule has 0 saturated carbocycles. The maximum atomic E-state index is 11.4. The smallest absolute Gasteiger partial charge is 0.269 e. The van der Waals surface area contributed by atoms with Crippen LogP contribution in [0.4, 0.5) is 0 Å². The second kappa shape index (κ2) is 4.28. The maximum Gasteiger partial charge on any atom is 0.269 e. The minimum absolute atomic E-state index is 0.135. The van der Waals surface area contributed by atoms with E-state index in [0.717, 1.165) is 5.69 Å². The first-order chi connectivity index (χ1) is 6.15. The van der Waals surface area contributed by atoms with E-state index in [1.807, 2.05) is 6.92 Å². The van der Waals surface area contributed by atoms with Crippen LogP contribution >= 0.6 is 11.6 Å². The number of carbonyl (C=O) groups is 1. The van der Waals surface area contributed by atoms with Crippen molar-refractivity contribution in [1.82, 2.24) is 15.1 Å². The highest BCUT2D eigenvalue weighted by atomic mass is 35.5. The predicted molar refractivity (Wildman–Crippen MR) is 51.0 cm³/mol. The third-order valence-electron chi connectivity index (χ3n) is 1.61. The molecule has 0 aliphatic heterocycles. The molecule has 0 fully saturated rings. The molecule has 5 heteroatoms. The third-order valence-corrected chi connectivity index (χ3v) is 1.80. The number of amides is 1. The molecule has 1 rings (SSSR count). The first kappa shape index (κ1) is 10.1. The minimum Gasteiger partial charge on any atom is -0.350 e. The number of nitrogens with zero attached hydrogens (tertiary/aromatic N) is 2. The zero-order valence-electron chi connectivity index (χ0n) is 7.67. The quantitative estimate of drug-likeness (QED) is 0.732. The molecular formula is C8H12ClN3O. The molecule has 0 bridgehead atoms. The van der Waals surface area contributed by atoms with E-state index < -0.39 is 0 Å². The number of hydrogen-bond acceptors (Lipinski definition) is 2. The Bertz CT molecular complexity index is 308. The zero-order chi connectivity index (χ0) is 9.84. The number of nitrogens with one attached hydrogen (secondary N) is 1. The van der Waals surface area contributed by atoms with Crippen LogP contribution < -0.4 is 5.32 Å². The number of halogens is 1. The van der Waals surface area contributed by atoms with Crippen molar-refractivity contribution >= 4 is 17.5 Å². The Kier molecular flexibility index (Phi) is 3.31. The van der Waals surface area contributed by atoms with Gasteiger partial charge in [0.1, 0.15) is 5.69 Å². The van der Waals surface area contributed by atoms with E-state index in [-0.39, 0.29) is 5.91 Å². The Morgan fingerprint density at radius 3 is 2.92 bits per heavy atom. The Labute approximate surface area is 81.9 Å². The van der Waals surface area contributed by atoms with Crippen LogP contribution in [0.3, 0.4) is 0 Å². The van der Waals surface area contributed by atoms with Gasteiger partial charge in [-0.15, -0.1) is 11.6 Å². The van der Waals surface area contributed by atoms with E-state index >= 15 is 0 Å². The van der Waals surface area contributed by atoms with Gasteiger partial charge < -0.3 is 5.32 Å². The van der Waals surface area contributed by atoms with Crippen molar-refractivity contribution in [1.29, 1.82) is 0 Å². The summed E-state index contributed by atoms with van der Waals surface area (Å²) in [6.45, 7) is 2.32. The lowest BCUT2D eigenvalue weighted by molar-refractivity contribution is 0.0946.